The highest BCUT2D eigenvalue weighted by Gasteiger charge is 2.14. The highest BCUT2D eigenvalue weighted by molar-refractivity contribution is 4.81. The van der Waals surface area contributed by atoms with Crippen molar-refractivity contribution in [1.29, 1.82) is 0 Å². The van der Waals surface area contributed by atoms with E-state index in [-0.39, 0.29) is 4.70 Å². The summed E-state index contributed by atoms with van der Waals surface area (Å²) in [5, 5.41) is 0. The number of unbranched alkanes of at least 4 members (excludes halogenated alkanes) is 12. The Kier molecular flexibility index (Phi) is 17.2. The summed E-state index contributed by atoms with van der Waals surface area (Å²) in [4.78, 5) is 0. The molecule has 0 fully saturated rings. The van der Waals surface area contributed by atoms with E-state index in [9.17, 15) is 0 Å². The molecule has 0 aromatic heterocycles. The van der Waals surface area contributed by atoms with Crippen molar-refractivity contribution in [3.63, 3.8) is 0 Å². The second-order valence-corrected chi connectivity index (χ2v) is 7.49. The number of allylic oxidation sites excluding steroid dienone is 2. The smallest absolute Gasteiger partial charge is 0.114 e. The van der Waals surface area contributed by atoms with E-state index in [2.05, 4.69) is 26.0 Å². The Hall–Kier alpha value is -0.380. The SMILES string of the molecule is CCCCCCCC/C=C\CCCCCCCC[N+](N)(N)CCC. The Labute approximate surface area is 152 Å². The predicted molar refractivity (Wildman–Crippen MR) is 108 cm³/mol. The first-order valence-electron chi connectivity index (χ1n) is 10.7. The van der Waals surface area contributed by atoms with E-state index in [0.717, 1.165) is 25.9 Å². The van der Waals surface area contributed by atoms with Crippen molar-refractivity contribution in [2.75, 3.05) is 13.1 Å². The molecule has 0 aliphatic rings. The molecule has 0 unspecified atom stereocenters. The van der Waals surface area contributed by atoms with E-state index >= 15 is 0 Å². The Morgan fingerprint density at radius 3 is 1.50 bits per heavy atom. The number of nitrogens with zero attached hydrogens (tertiary/aromatic N) is 1. The molecule has 0 rings (SSSR count). The molecular weight excluding hydrogens is 294 g/mol. The van der Waals surface area contributed by atoms with Crippen molar-refractivity contribution >= 4 is 0 Å². The quantitative estimate of drug-likeness (QED) is 0.106. The first kappa shape index (κ1) is 23.6. The predicted octanol–water partition coefficient (Wildman–Crippen LogP) is 6.00. The van der Waals surface area contributed by atoms with Gasteiger partial charge in [-0.2, -0.15) is 16.4 Å². The molecule has 0 bridgehead atoms. The molecule has 0 saturated carbocycles. The minimum atomic E-state index is 0.208. The highest BCUT2D eigenvalue weighted by Crippen LogP contribution is 2.10. The van der Waals surface area contributed by atoms with Gasteiger partial charge in [-0.05, 0) is 38.5 Å². The molecule has 24 heavy (non-hydrogen) atoms. The number of nitrogens with two attached hydrogens (primary N) is 2. The van der Waals surface area contributed by atoms with Gasteiger partial charge in [0, 0.05) is 6.42 Å². The summed E-state index contributed by atoms with van der Waals surface area (Å²) >= 11 is 0. The van der Waals surface area contributed by atoms with Crippen molar-refractivity contribution in [3.8, 4) is 0 Å². The molecule has 3 heteroatoms. The fourth-order valence-electron chi connectivity index (χ4n) is 3.18. The third kappa shape index (κ3) is 18.0. The summed E-state index contributed by atoms with van der Waals surface area (Å²) in [7, 11) is 0. The molecule has 0 aromatic rings. The van der Waals surface area contributed by atoms with Crippen LogP contribution < -0.4 is 11.7 Å². The maximum absolute atomic E-state index is 6.00. The van der Waals surface area contributed by atoms with Gasteiger partial charge in [-0.25, -0.2) is 0 Å². The summed E-state index contributed by atoms with van der Waals surface area (Å²) in [5.74, 6) is 12.0. The number of quaternary nitrogens is 1. The van der Waals surface area contributed by atoms with E-state index in [4.69, 9.17) is 11.7 Å². The van der Waals surface area contributed by atoms with E-state index in [1.165, 1.54) is 83.5 Å². The molecule has 0 aliphatic heterocycles. The minimum Gasteiger partial charge on any atom is -0.176 e. The molecular formula is C21H46N3+. The lowest BCUT2D eigenvalue weighted by Crippen LogP contribution is -2.61. The van der Waals surface area contributed by atoms with Crippen LogP contribution in [0.3, 0.4) is 0 Å². The summed E-state index contributed by atoms with van der Waals surface area (Å²) in [5.41, 5.74) is 0. The third-order valence-electron chi connectivity index (χ3n) is 4.73. The molecule has 3 nitrogen and oxygen atoms in total. The Morgan fingerprint density at radius 2 is 1.00 bits per heavy atom. The molecule has 0 radical (unpaired) electrons. The summed E-state index contributed by atoms with van der Waals surface area (Å²) in [6, 6.07) is 0. The molecule has 144 valence electrons. The molecule has 0 aliphatic carbocycles. The van der Waals surface area contributed by atoms with E-state index in [0.29, 0.717) is 0 Å². The fourth-order valence-corrected chi connectivity index (χ4v) is 3.18. The van der Waals surface area contributed by atoms with E-state index in [1.807, 2.05) is 0 Å². The van der Waals surface area contributed by atoms with Gasteiger partial charge in [-0.1, -0.05) is 77.4 Å². The van der Waals surface area contributed by atoms with Gasteiger partial charge in [0.1, 0.15) is 13.1 Å². The summed E-state index contributed by atoms with van der Waals surface area (Å²) in [6.45, 7) is 6.20. The van der Waals surface area contributed by atoms with Gasteiger partial charge in [-0.15, -0.1) is 0 Å². The molecule has 0 saturated heterocycles. The average molecular weight is 341 g/mol. The van der Waals surface area contributed by atoms with Gasteiger partial charge in [0.05, 0.1) is 0 Å². The topological polar surface area (TPSA) is 52.0 Å². The zero-order chi connectivity index (χ0) is 17.9. The lowest BCUT2D eigenvalue weighted by Gasteiger charge is -2.25. The van der Waals surface area contributed by atoms with Crippen LogP contribution in [0.4, 0.5) is 0 Å². The largest absolute Gasteiger partial charge is 0.176 e. The third-order valence-corrected chi connectivity index (χ3v) is 4.73. The van der Waals surface area contributed by atoms with Crippen molar-refractivity contribution < 1.29 is 4.70 Å². The van der Waals surface area contributed by atoms with Crippen LogP contribution in [0.1, 0.15) is 110 Å². The first-order valence-corrected chi connectivity index (χ1v) is 10.7. The molecule has 0 atom stereocenters. The van der Waals surface area contributed by atoms with Crippen LogP contribution in [-0.2, 0) is 0 Å². The van der Waals surface area contributed by atoms with Crippen LogP contribution in [-0.4, -0.2) is 17.8 Å². The standard InChI is InChI=1S/C21H46N3/c1-3-5-6-7-8-9-10-11-12-13-14-15-16-17-18-19-21-24(22,23)20-4-2/h11-12H,3-10,13-23H2,1-2H3/q+1/b12-11-. The van der Waals surface area contributed by atoms with Crippen LogP contribution in [0, 0.1) is 0 Å². The molecule has 0 spiro atoms. The normalized spacial score (nSPS) is 12.3. The Morgan fingerprint density at radius 1 is 0.542 bits per heavy atom. The molecule has 0 heterocycles. The minimum absolute atomic E-state index is 0.208. The number of hydrogen-bond acceptors (Lipinski definition) is 2. The Balaban J connectivity index is 3.21. The summed E-state index contributed by atoms with van der Waals surface area (Å²) in [6.07, 6.45) is 24.6. The number of hydrogen-bond donors (Lipinski definition) is 2. The van der Waals surface area contributed by atoms with Gasteiger partial charge in [0.2, 0.25) is 0 Å². The van der Waals surface area contributed by atoms with Crippen LogP contribution in [0.25, 0.3) is 0 Å². The lowest BCUT2D eigenvalue weighted by atomic mass is 10.1. The number of rotatable bonds is 18. The average Bonchev–Trinajstić information content (AvgIpc) is 2.54. The maximum Gasteiger partial charge on any atom is 0.114 e. The first-order chi connectivity index (χ1) is 11.6. The molecule has 4 N–H and O–H groups in total. The fraction of sp³-hybridized carbons (Fsp3) is 0.905. The highest BCUT2D eigenvalue weighted by atomic mass is 15.7. The monoisotopic (exact) mass is 340 g/mol. The maximum atomic E-state index is 6.00. The van der Waals surface area contributed by atoms with Crippen molar-refractivity contribution in [1.82, 2.24) is 0 Å². The van der Waals surface area contributed by atoms with Gasteiger partial charge in [0.25, 0.3) is 0 Å². The summed E-state index contributed by atoms with van der Waals surface area (Å²) < 4.78 is 0.208. The Bertz CT molecular complexity index is 274. The van der Waals surface area contributed by atoms with Crippen LogP contribution >= 0.6 is 0 Å². The van der Waals surface area contributed by atoms with Crippen molar-refractivity contribution in [3.05, 3.63) is 12.2 Å². The van der Waals surface area contributed by atoms with Crippen LogP contribution in [0.5, 0.6) is 0 Å². The van der Waals surface area contributed by atoms with Gasteiger partial charge < -0.3 is 0 Å². The molecule has 0 aromatic carbocycles. The van der Waals surface area contributed by atoms with Crippen molar-refractivity contribution in [2.24, 2.45) is 11.7 Å². The second kappa shape index (κ2) is 17.4. The zero-order valence-corrected chi connectivity index (χ0v) is 16.8. The second-order valence-electron chi connectivity index (χ2n) is 7.49. The van der Waals surface area contributed by atoms with Crippen molar-refractivity contribution in [2.45, 2.75) is 110 Å². The molecule has 0 amide bonds. The van der Waals surface area contributed by atoms with Gasteiger partial charge in [-0.3, -0.25) is 0 Å². The van der Waals surface area contributed by atoms with E-state index in [1.54, 1.807) is 0 Å². The van der Waals surface area contributed by atoms with Crippen LogP contribution in [0.2, 0.25) is 0 Å². The zero-order valence-electron chi connectivity index (χ0n) is 16.8. The van der Waals surface area contributed by atoms with Gasteiger partial charge in [0.15, 0.2) is 0 Å². The van der Waals surface area contributed by atoms with Gasteiger partial charge >= 0.3 is 0 Å². The van der Waals surface area contributed by atoms with Crippen LogP contribution in [0.15, 0.2) is 12.2 Å². The van der Waals surface area contributed by atoms with E-state index < -0.39 is 0 Å². The lowest BCUT2D eigenvalue weighted by molar-refractivity contribution is -0.951.